The molecule has 0 radical (unpaired) electrons. The van der Waals surface area contributed by atoms with Gasteiger partial charge >= 0.3 is 6.09 Å². The number of benzene rings is 2. The molecular weight excluding hydrogens is 542 g/mol. The zero-order valence-electron chi connectivity index (χ0n) is 26.0. The predicted molar refractivity (Wildman–Crippen MR) is 170 cm³/mol. The number of nitrogens with zero attached hydrogens (tertiary/aromatic N) is 4. The molecule has 2 N–H and O–H groups in total. The molecule has 4 rings (SSSR count). The van der Waals surface area contributed by atoms with E-state index < -0.39 is 12.3 Å². The van der Waals surface area contributed by atoms with Crippen molar-refractivity contribution in [3.05, 3.63) is 54.6 Å². The molecule has 1 atom stereocenters. The van der Waals surface area contributed by atoms with Crippen molar-refractivity contribution in [1.82, 2.24) is 14.8 Å². The summed E-state index contributed by atoms with van der Waals surface area (Å²) >= 11 is 0. The van der Waals surface area contributed by atoms with E-state index >= 15 is 0 Å². The van der Waals surface area contributed by atoms with Crippen LogP contribution in [0.1, 0.15) is 71.1 Å². The monoisotopic (exact) mass is 591 g/mol. The van der Waals surface area contributed by atoms with Crippen LogP contribution in [0, 0.1) is 5.92 Å². The Balaban J connectivity index is 1.27. The van der Waals surface area contributed by atoms with Gasteiger partial charge in [-0.05, 0) is 76.7 Å². The molecule has 234 valence electrons. The molecule has 2 saturated heterocycles. The molecule has 9 nitrogen and oxygen atoms in total. The summed E-state index contributed by atoms with van der Waals surface area (Å²) in [6, 6.07) is 18.0. The summed E-state index contributed by atoms with van der Waals surface area (Å²) in [6.07, 6.45) is 8.05. The molecule has 43 heavy (non-hydrogen) atoms. The fourth-order valence-electron chi connectivity index (χ4n) is 6.02. The van der Waals surface area contributed by atoms with Crippen molar-refractivity contribution in [3.8, 4) is 11.1 Å². The number of amides is 3. The number of nitrogens with two attached hydrogens (primary N) is 1. The number of ether oxygens (including phenoxy) is 1. The Bertz CT molecular complexity index is 1180. The van der Waals surface area contributed by atoms with Crippen molar-refractivity contribution in [2.45, 2.75) is 77.4 Å². The van der Waals surface area contributed by atoms with Gasteiger partial charge in [-0.25, -0.2) is 14.8 Å². The Kier molecular flexibility index (Phi) is 12.4. The van der Waals surface area contributed by atoms with Gasteiger partial charge in [-0.3, -0.25) is 9.59 Å². The van der Waals surface area contributed by atoms with Gasteiger partial charge in [0.2, 0.25) is 11.8 Å². The van der Waals surface area contributed by atoms with E-state index in [0.29, 0.717) is 6.42 Å². The minimum Gasteiger partial charge on any atom is -0.424 e. The Morgan fingerprint density at radius 2 is 1.53 bits per heavy atom. The van der Waals surface area contributed by atoms with Gasteiger partial charge in [0.15, 0.2) is 6.23 Å². The highest BCUT2D eigenvalue weighted by atomic mass is 16.6. The van der Waals surface area contributed by atoms with Crippen LogP contribution in [0.25, 0.3) is 11.1 Å². The first-order valence-corrected chi connectivity index (χ1v) is 16.0. The molecule has 0 spiro atoms. The van der Waals surface area contributed by atoms with Crippen molar-refractivity contribution < 1.29 is 19.1 Å². The summed E-state index contributed by atoms with van der Waals surface area (Å²) in [5.41, 5.74) is 8.19. The SMILES string of the molecule is CC(OC(=O)N(c1ccccc1-c1ccccc1)N1CCCCC1)N(C)C(=O)CCCCCCN1CCC(C(N)=O)CC1. The molecule has 0 aliphatic carbocycles. The van der Waals surface area contributed by atoms with Crippen LogP contribution in [0.3, 0.4) is 0 Å². The third-order valence-electron chi connectivity index (χ3n) is 8.82. The van der Waals surface area contributed by atoms with E-state index in [1.165, 1.54) is 4.90 Å². The van der Waals surface area contributed by atoms with Crippen LogP contribution in [-0.2, 0) is 14.3 Å². The van der Waals surface area contributed by atoms with Crippen LogP contribution in [0.2, 0.25) is 0 Å². The maximum atomic E-state index is 13.8. The minimum absolute atomic E-state index is 0.0250. The predicted octanol–water partition coefficient (Wildman–Crippen LogP) is 5.65. The fraction of sp³-hybridized carbons (Fsp3) is 0.559. The first-order chi connectivity index (χ1) is 20.8. The standard InChI is InChI=1S/C34H49N5O4/c1-27(36(2)32(40)19-9-3-4-12-22-37-25-20-29(21-26-37)33(35)41)43-34(42)39(38-23-13-6-14-24-38)31-18-11-10-17-30(31)28-15-7-5-8-16-28/h5,7-8,10-11,15-18,27,29H,3-4,6,9,12-14,19-26H2,1-2H3,(H2,35,41). The molecule has 2 aliphatic rings. The van der Waals surface area contributed by atoms with Gasteiger partial charge in [0.1, 0.15) is 0 Å². The van der Waals surface area contributed by atoms with Gasteiger partial charge in [0.05, 0.1) is 5.69 Å². The number of hydrogen-bond donors (Lipinski definition) is 1. The van der Waals surface area contributed by atoms with Crippen molar-refractivity contribution in [2.24, 2.45) is 11.7 Å². The number of piperidine rings is 2. The van der Waals surface area contributed by atoms with Gasteiger partial charge in [-0.1, -0.05) is 67.8 Å². The molecule has 0 saturated carbocycles. The molecule has 0 bridgehead atoms. The number of hydrazine groups is 1. The number of rotatable bonds is 13. The van der Waals surface area contributed by atoms with Gasteiger partial charge in [-0.15, -0.1) is 0 Å². The topological polar surface area (TPSA) is 99.4 Å². The first-order valence-electron chi connectivity index (χ1n) is 16.0. The number of para-hydroxylation sites is 1. The summed E-state index contributed by atoms with van der Waals surface area (Å²) in [5, 5.41) is 3.74. The largest absolute Gasteiger partial charge is 0.431 e. The summed E-state index contributed by atoms with van der Waals surface area (Å²) in [4.78, 5) is 42.0. The van der Waals surface area contributed by atoms with E-state index in [4.69, 9.17) is 10.5 Å². The van der Waals surface area contributed by atoms with Crippen molar-refractivity contribution in [3.63, 3.8) is 0 Å². The Labute approximate surface area is 256 Å². The Hall–Kier alpha value is -3.43. The maximum absolute atomic E-state index is 13.8. The first kappa shape index (κ1) is 32.5. The second-order valence-corrected chi connectivity index (χ2v) is 11.9. The summed E-state index contributed by atoms with van der Waals surface area (Å²) in [5.74, 6) is -0.173. The smallest absolute Gasteiger partial charge is 0.424 e. The number of carbonyl (C=O) groups is 3. The summed E-state index contributed by atoms with van der Waals surface area (Å²) in [7, 11) is 1.71. The van der Waals surface area contributed by atoms with E-state index in [2.05, 4.69) is 9.91 Å². The van der Waals surface area contributed by atoms with E-state index in [0.717, 1.165) is 107 Å². The van der Waals surface area contributed by atoms with E-state index in [1.807, 2.05) is 54.6 Å². The molecule has 1 unspecified atom stereocenters. The van der Waals surface area contributed by atoms with Crippen LogP contribution >= 0.6 is 0 Å². The normalized spacial score (nSPS) is 17.3. The average molecular weight is 592 g/mol. The van der Waals surface area contributed by atoms with Crippen LogP contribution in [0.4, 0.5) is 10.5 Å². The van der Waals surface area contributed by atoms with E-state index in [9.17, 15) is 14.4 Å². The highest BCUT2D eigenvalue weighted by Gasteiger charge is 2.31. The van der Waals surface area contributed by atoms with Crippen molar-refractivity contribution in [1.29, 1.82) is 0 Å². The minimum atomic E-state index is -0.695. The lowest BCUT2D eigenvalue weighted by Gasteiger charge is -2.38. The third-order valence-corrected chi connectivity index (χ3v) is 8.82. The van der Waals surface area contributed by atoms with Crippen LogP contribution in [0.5, 0.6) is 0 Å². The van der Waals surface area contributed by atoms with Gasteiger partial charge < -0.3 is 20.3 Å². The molecule has 9 heteroatoms. The fourth-order valence-corrected chi connectivity index (χ4v) is 6.02. The number of likely N-dealkylation sites (tertiary alicyclic amines) is 1. The van der Waals surface area contributed by atoms with Crippen LogP contribution < -0.4 is 10.7 Å². The maximum Gasteiger partial charge on any atom is 0.431 e. The number of carbonyl (C=O) groups excluding carboxylic acids is 3. The zero-order valence-corrected chi connectivity index (χ0v) is 26.0. The molecule has 3 amide bonds. The van der Waals surface area contributed by atoms with E-state index in [1.54, 1.807) is 19.0 Å². The highest BCUT2D eigenvalue weighted by Crippen LogP contribution is 2.33. The molecule has 0 aromatic heterocycles. The van der Waals surface area contributed by atoms with Crippen molar-refractivity contribution in [2.75, 3.05) is 44.8 Å². The second-order valence-electron chi connectivity index (χ2n) is 11.9. The average Bonchev–Trinajstić information content (AvgIpc) is 3.03. The highest BCUT2D eigenvalue weighted by molar-refractivity contribution is 5.93. The Morgan fingerprint density at radius 1 is 0.884 bits per heavy atom. The van der Waals surface area contributed by atoms with Gasteiger partial charge in [-0.2, -0.15) is 0 Å². The molecule has 2 aromatic rings. The number of anilines is 1. The number of hydrogen-bond acceptors (Lipinski definition) is 6. The quantitative estimate of drug-likeness (QED) is 0.239. The Morgan fingerprint density at radius 3 is 2.23 bits per heavy atom. The lowest BCUT2D eigenvalue weighted by Crippen LogP contribution is -2.51. The number of primary amides is 1. The van der Waals surface area contributed by atoms with Crippen LogP contribution in [-0.4, -0.2) is 78.7 Å². The molecular formula is C34H49N5O4. The van der Waals surface area contributed by atoms with E-state index in [-0.39, 0.29) is 17.7 Å². The lowest BCUT2D eigenvalue weighted by atomic mass is 9.96. The zero-order chi connectivity index (χ0) is 30.6. The second kappa shape index (κ2) is 16.4. The van der Waals surface area contributed by atoms with Crippen LogP contribution in [0.15, 0.2) is 54.6 Å². The molecule has 2 aliphatic heterocycles. The van der Waals surface area contributed by atoms with Gasteiger partial charge in [0.25, 0.3) is 0 Å². The molecule has 2 heterocycles. The summed E-state index contributed by atoms with van der Waals surface area (Å²) in [6.45, 7) is 6.18. The lowest BCUT2D eigenvalue weighted by molar-refractivity contribution is -0.138. The van der Waals surface area contributed by atoms with Crippen molar-refractivity contribution >= 4 is 23.6 Å². The third kappa shape index (κ3) is 9.28. The number of unbranched alkanes of at least 4 members (excludes halogenated alkanes) is 3. The van der Waals surface area contributed by atoms with Gasteiger partial charge in [0, 0.05) is 38.0 Å². The summed E-state index contributed by atoms with van der Waals surface area (Å²) < 4.78 is 5.94. The molecule has 2 aromatic carbocycles. The molecule has 2 fully saturated rings.